The number of anilines is 2. The lowest BCUT2D eigenvalue weighted by atomic mass is 9.96. The van der Waals surface area contributed by atoms with Gasteiger partial charge in [0.25, 0.3) is 5.91 Å². The first-order valence-electron chi connectivity index (χ1n) is 8.17. The van der Waals surface area contributed by atoms with Crippen LogP contribution in [0.5, 0.6) is 5.75 Å². The summed E-state index contributed by atoms with van der Waals surface area (Å²) in [5.74, 6) is 0.495. The van der Waals surface area contributed by atoms with Gasteiger partial charge in [0, 0.05) is 11.1 Å². The van der Waals surface area contributed by atoms with E-state index < -0.39 is 5.41 Å². The van der Waals surface area contributed by atoms with Gasteiger partial charge in [-0.15, -0.1) is 11.3 Å². The maximum atomic E-state index is 12.5. The fourth-order valence-corrected chi connectivity index (χ4v) is 3.02. The first-order valence-corrected chi connectivity index (χ1v) is 8.98. The van der Waals surface area contributed by atoms with Crippen molar-refractivity contribution in [3.05, 3.63) is 40.8 Å². The SMILES string of the molecule is CCOc1ccc(NC(=O)c2sc(NC(=O)C(C)(C)C)cc2C)cc1. The molecule has 0 aliphatic rings. The first-order chi connectivity index (χ1) is 11.7. The number of amides is 2. The summed E-state index contributed by atoms with van der Waals surface area (Å²) in [5.41, 5.74) is 1.04. The maximum absolute atomic E-state index is 12.5. The number of benzene rings is 1. The molecule has 25 heavy (non-hydrogen) atoms. The van der Waals surface area contributed by atoms with E-state index in [1.165, 1.54) is 11.3 Å². The topological polar surface area (TPSA) is 67.4 Å². The van der Waals surface area contributed by atoms with Crippen LogP contribution >= 0.6 is 11.3 Å². The quantitative estimate of drug-likeness (QED) is 0.813. The summed E-state index contributed by atoms with van der Waals surface area (Å²) >= 11 is 1.27. The molecule has 0 fully saturated rings. The van der Waals surface area contributed by atoms with E-state index >= 15 is 0 Å². The highest BCUT2D eigenvalue weighted by Gasteiger charge is 2.23. The van der Waals surface area contributed by atoms with E-state index in [0.717, 1.165) is 11.3 Å². The van der Waals surface area contributed by atoms with Crippen molar-refractivity contribution in [2.45, 2.75) is 34.6 Å². The number of nitrogens with one attached hydrogen (secondary N) is 2. The summed E-state index contributed by atoms with van der Waals surface area (Å²) in [6.07, 6.45) is 0. The Morgan fingerprint density at radius 3 is 2.32 bits per heavy atom. The molecular formula is C19H24N2O3S. The van der Waals surface area contributed by atoms with Gasteiger partial charge in [-0.1, -0.05) is 20.8 Å². The minimum Gasteiger partial charge on any atom is -0.494 e. The lowest BCUT2D eigenvalue weighted by Crippen LogP contribution is -2.27. The average molecular weight is 360 g/mol. The lowest BCUT2D eigenvalue weighted by Gasteiger charge is -2.16. The molecule has 2 amide bonds. The largest absolute Gasteiger partial charge is 0.494 e. The number of carbonyl (C=O) groups is 2. The van der Waals surface area contributed by atoms with Crippen LogP contribution in [0, 0.1) is 12.3 Å². The second kappa shape index (κ2) is 7.70. The minimum atomic E-state index is -0.484. The van der Waals surface area contributed by atoms with Crippen LogP contribution in [0.2, 0.25) is 0 Å². The van der Waals surface area contributed by atoms with Gasteiger partial charge in [0.15, 0.2) is 0 Å². The standard InChI is InChI=1S/C19H24N2O3S/c1-6-24-14-9-7-13(8-10-14)20-17(22)16-12(2)11-15(25-16)21-18(23)19(3,4)5/h7-11H,6H2,1-5H3,(H,20,22)(H,21,23). The average Bonchev–Trinajstić information content (AvgIpc) is 2.89. The Bertz CT molecular complexity index is 758. The molecule has 0 saturated carbocycles. The normalized spacial score (nSPS) is 11.1. The smallest absolute Gasteiger partial charge is 0.266 e. The Labute approximate surface area is 152 Å². The molecule has 6 heteroatoms. The number of hydrogen-bond acceptors (Lipinski definition) is 4. The Morgan fingerprint density at radius 1 is 1.12 bits per heavy atom. The lowest BCUT2D eigenvalue weighted by molar-refractivity contribution is -0.123. The van der Waals surface area contributed by atoms with E-state index in [0.29, 0.717) is 22.2 Å². The number of ether oxygens (including phenoxy) is 1. The number of hydrogen-bond donors (Lipinski definition) is 2. The van der Waals surface area contributed by atoms with Crippen molar-refractivity contribution in [1.82, 2.24) is 0 Å². The number of carbonyl (C=O) groups excluding carboxylic acids is 2. The predicted molar refractivity (Wildman–Crippen MR) is 103 cm³/mol. The van der Waals surface area contributed by atoms with Gasteiger partial charge in [-0.05, 0) is 49.7 Å². The summed E-state index contributed by atoms with van der Waals surface area (Å²) in [4.78, 5) is 25.2. The van der Waals surface area contributed by atoms with Gasteiger partial charge >= 0.3 is 0 Å². The van der Waals surface area contributed by atoms with Gasteiger partial charge in [0.05, 0.1) is 16.5 Å². The number of thiophene rings is 1. The molecule has 0 unspecified atom stereocenters. The van der Waals surface area contributed by atoms with E-state index in [9.17, 15) is 9.59 Å². The van der Waals surface area contributed by atoms with Crippen LogP contribution in [0.1, 0.15) is 42.9 Å². The third-order valence-corrected chi connectivity index (χ3v) is 4.62. The first kappa shape index (κ1) is 19.0. The third kappa shape index (κ3) is 5.06. The Kier molecular flexibility index (Phi) is 5.85. The molecule has 0 atom stereocenters. The van der Waals surface area contributed by atoms with Crippen molar-refractivity contribution < 1.29 is 14.3 Å². The molecular weight excluding hydrogens is 336 g/mol. The van der Waals surface area contributed by atoms with Crippen LogP contribution in [-0.4, -0.2) is 18.4 Å². The molecule has 1 heterocycles. The molecule has 2 aromatic rings. The van der Waals surface area contributed by atoms with Crippen LogP contribution < -0.4 is 15.4 Å². The number of rotatable bonds is 5. The molecule has 2 N–H and O–H groups in total. The van der Waals surface area contributed by atoms with Crippen molar-refractivity contribution in [3.8, 4) is 5.75 Å². The summed E-state index contributed by atoms with van der Waals surface area (Å²) in [7, 11) is 0. The minimum absolute atomic E-state index is 0.0766. The van der Waals surface area contributed by atoms with Crippen molar-refractivity contribution >= 4 is 33.8 Å². The molecule has 134 valence electrons. The van der Waals surface area contributed by atoms with E-state index in [-0.39, 0.29) is 11.8 Å². The molecule has 2 rings (SSSR count). The summed E-state index contributed by atoms with van der Waals surface area (Å²) < 4.78 is 5.39. The van der Waals surface area contributed by atoms with E-state index in [2.05, 4.69) is 10.6 Å². The van der Waals surface area contributed by atoms with Crippen molar-refractivity contribution in [2.75, 3.05) is 17.2 Å². The molecule has 0 aliphatic heterocycles. The van der Waals surface area contributed by atoms with Gasteiger partial charge in [0.1, 0.15) is 5.75 Å². The van der Waals surface area contributed by atoms with Crippen molar-refractivity contribution in [2.24, 2.45) is 5.41 Å². The monoisotopic (exact) mass is 360 g/mol. The molecule has 0 radical (unpaired) electrons. The summed E-state index contributed by atoms with van der Waals surface area (Å²) in [6.45, 7) is 9.93. The molecule has 0 saturated heterocycles. The third-order valence-electron chi connectivity index (χ3n) is 3.47. The van der Waals surface area contributed by atoms with Crippen LogP contribution in [0.3, 0.4) is 0 Å². The molecule has 1 aromatic heterocycles. The second-order valence-electron chi connectivity index (χ2n) is 6.74. The fourth-order valence-electron chi connectivity index (χ4n) is 2.06. The Balaban J connectivity index is 2.08. The van der Waals surface area contributed by atoms with E-state index in [1.54, 1.807) is 12.1 Å². The zero-order chi connectivity index (χ0) is 18.6. The van der Waals surface area contributed by atoms with Gasteiger partial charge in [-0.25, -0.2) is 0 Å². The molecule has 0 bridgehead atoms. The predicted octanol–water partition coefficient (Wildman–Crippen LogP) is 4.69. The van der Waals surface area contributed by atoms with Crippen LogP contribution in [0.15, 0.2) is 30.3 Å². The zero-order valence-electron chi connectivity index (χ0n) is 15.2. The van der Waals surface area contributed by atoms with Gasteiger partial charge < -0.3 is 15.4 Å². The molecule has 5 nitrogen and oxygen atoms in total. The zero-order valence-corrected chi connectivity index (χ0v) is 16.0. The molecule has 1 aromatic carbocycles. The van der Waals surface area contributed by atoms with Crippen LogP contribution in [-0.2, 0) is 4.79 Å². The molecule has 0 spiro atoms. The highest BCUT2D eigenvalue weighted by atomic mass is 32.1. The second-order valence-corrected chi connectivity index (χ2v) is 7.79. The highest BCUT2D eigenvalue weighted by Crippen LogP contribution is 2.29. The van der Waals surface area contributed by atoms with Gasteiger partial charge in [0.2, 0.25) is 5.91 Å². The van der Waals surface area contributed by atoms with Gasteiger partial charge in [-0.2, -0.15) is 0 Å². The Hall–Kier alpha value is -2.34. The maximum Gasteiger partial charge on any atom is 0.266 e. The van der Waals surface area contributed by atoms with Gasteiger partial charge in [-0.3, -0.25) is 9.59 Å². The Morgan fingerprint density at radius 2 is 1.76 bits per heavy atom. The fraction of sp³-hybridized carbons (Fsp3) is 0.368. The molecule has 0 aliphatic carbocycles. The van der Waals surface area contributed by atoms with Crippen LogP contribution in [0.4, 0.5) is 10.7 Å². The highest BCUT2D eigenvalue weighted by molar-refractivity contribution is 7.18. The van der Waals surface area contributed by atoms with Crippen molar-refractivity contribution in [3.63, 3.8) is 0 Å². The van der Waals surface area contributed by atoms with E-state index in [4.69, 9.17) is 4.74 Å². The summed E-state index contributed by atoms with van der Waals surface area (Å²) in [5, 5.41) is 6.41. The van der Waals surface area contributed by atoms with E-state index in [1.807, 2.05) is 52.8 Å². The summed E-state index contributed by atoms with van der Waals surface area (Å²) in [6, 6.07) is 9.05. The number of aryl methyl sites for hydroxylation is 1. The van der Waals surface area contributed by atoms with Crippen LogP contribution in [0.25, 0.3) is 0 Å². The van der Waals surface area contributed by atoms with Crippen molar-refractivity contribution in [1.29, 1.82) is 0 Å².